The van der Waals surface area contributed by atoms with E-state index in [1.54, 1.807) is 0 Å². The molecule has 0 aliphatic rings. The number of pyridine rings is 1. The zero-order valence-electron chi connectivity index (χ0n) is 8.37. The van der Waals surface area contributed by atoms with Crippen LogP contribution in [-0.4, -0.2) is 33.2 Å². The summed E-state index contributed by atoms with van der Waals surface area (Å²) in [5.41, 5.74) is 1.14. The minimum absolute atomic E-state index is 0.965. The van der Waals surface area contributed by atoms with Crippen LogP contribution in [0.4, 0.5) is 11.5 Å². The van der Waals surface area contributed by atoms with E-state index in [4.69, 9.17) is 0 Å². The van der Waals surface area contributed by atoms with E-state index in [0.29, 0.717) is 0 Å². The third kappa shape index (κ3) is 2.34. The first-order valence-electron chi connectivity index (χ1n) is 4.02. The minimum Gasteiger partial charge on any atom is -0.377 e. The fourth-order valence-corrected chi connectivity index (χ4v) is 1.58. The Balaban J connectivity index is 3.11. The Bertz CT molecular complexity index is 297. The van der Waals surface area contributed by atoms with Crippen LogP contribution in [0.3, 0.4) is 0 Å². The SMILES string of the molecule is CN(C)c1cc(N(C)C)c(Br)cn1. The van der Waals surface area contributed by atoms with Crippen LogP contribution in [0.2, 0.25) is 0 Å². The summed E-state index contributed by atoms with van der Waals surface area (Å²) < 4.78 is 1.02. The third-order valence-electron chi connectivity index (χ3n) is 1.76. The van der Waals surface area contributed by atoms with Crippen LogP contribution in [-0.2, 0) is 0 Å². The van der Waals surface area contributed by atoms with Gasteiger partial charge in [0.15, 0.2) is 0 Å². The van der Waals surface area contributed by atoms with Crippen LogP contribution < -0.4 is 9.80 Å². The van der Waals surface area contributed by atoms with Gasteiger partial charge in [0.05, 0.1) is 10.2 Å². The second-order valence-corrected chi connectivity index (χ2v) is 4.14. The number of rotatable bonds is 2. The molecule has 0 saturated carbocycles. The predicted molar refractivity (Wildman–Crippen MR) is 60.6 cm³/mol. The molecular weight excluding hydrogens is 230 g/mol. The molecule has 0 atom stereocenters. The molecule has 0 aliphatic heterocycles. The van der Waals surface area contributed by atoms with E-state index in [0.717, 1.165) is 16.0 Å². The van der Waals surface area contributed by atoms with Crippen LogP contribution in [0.25, 0.3) is 0 Å². The van der Waals surface area contributed by atoms with Gasteiger partial charge in [-0.2, -0.15) is 0 Å². The first kappa shape index (κ1) is 10.3. The van der Waals surface area contributed by atoms with Gasteiger partial charge in [-0.1, -0.05) is 0 Å². The number of anilines is 2. The van der Waals surface area contributed by atoms with Gasteiger partial charge in [-0.15, -0.1) is 0 Å². The van der Waals surface area contributed by atoms with E-state index in [1.807, 2.05) is 45.4 Å². The van der Waals surface area contributed by atoms with Crippen molar-refractivity contribution in [1.29, 1.82) is 0 Å². The van der Waals surface area contributed by atoms with Crippen molar-refractivity contribution in [3.8, 4) is 0 Å². The van der Waals surface area contributed by atoms with E-state index < -0.39 is 0 Å². The average molecular weight is 244 g/mol. The van der Waals surface area contributed by atoms with Gasteiger partial charge in [-0.25, -0.2) is 4.98 Å². The van der Waals surface area contributed by atoms with Gasteiger partial charge < -0.3 is 9.80 Å². The molecule has 1 aromatic rings. The minimum atomic E-state index is 0.965. The van der Waals surface area contributed by atoms with Gasteiger partial charge in [-0.3, -0.25) is 0 Å². The number of hydrogen-bond acceptors (Lipinski definition) is 3. The lowest BCUT2D eigenvalue weighted by Crippen LogP contribution is -2.14. The fourth-order valence-electron chi connectivity index (χ4n) is 1.00. The molecule has 0 fully saturated rings. The van der Waals surface area contributed by atoms with Crippen LogP contribution in [0.1, 0.15) is 0 Å². The Hall–Kier alpha value is -0.770. The molecular formula is C9H14BrN3. The maximum Gasteiger partial charge on any atom is 0.130 e. The molecule has 13 heavy (non-hydrogen) atoms. The maximum atomic E-state index is 4.27. The van der Waals surface area contributed by atoms with Crippen molar-refractivity contribution in [2.45, 2.75) is 0 Å². The number of hydrogen-bond donors (Lipinski definition) is 0. The molecule has 0 aliphatic carbocycles. The summed E-state index contributed by atoms with van der Waals surface area (Å²) in [6.45, 7) is 0. The summed E-state index contributed by atoms with van der Waals surface area (Å²) in [4.78, 5) is 8.31. The lowest BCUT2D eigenvalue weighted by atomic mass is 10.3. The van der Waals surface area contributed by atoms with Crippen molar-refractivity contribution in [3.63, 3.8) is 0 Å². The van der Waals surface area contributed by atoms with Gasteiger partial charge in [0, 0.05) is 40.5 Å². The molecule has 4 heteroatoms. The Morgan fingerprint density at radius 3 is 2.23 bits per heavy atom. The van der Waals surface area contributed by atoms with Crippen molar-refractivity contribution in [2.24, 2.45) is 0 Å². The normalized spacial score (nSPS) is 9.92. The number of nitrogens with zero attached hydrogens (tertiary/aromatic N) is 3. The smallest absolute Gasteiger partial charge is 0.130 e. The molecule has 0 saturated heterocycles. The van der Waals surface area contributed by atoms with Gasteiger partial charge in [0.25, 0.3) is 0 Å². The molecule has 0 bridgehead atoms. The van der Waals surface area contributed by atoms with E-state index in [-0.39, 0.29) is 0 Å². The topological polar surface area (TPSA) is 19.4 Å². The highest BCUT2D eigenvalue weighted by Gasteiger charge is 2.05. The van der Waals surface area contributed by atoms with Crippen molar-refractivity contribution in [2.75, 3.05) is 38.0 Å². The van der Waals surface area contributed by atoms with E-state index in [1.165, 1.54) is 0 Å². The molecule has 0 N–H and O–H groups in total. The van der Waals surface area contributed by atoms with Crippen LogP contribution in [0.15, 0.2) is 16.7 Å². The maximum absolute atomic E-state index is 4.27. The fraction of sp³-hybridized carbons (Fsp3) is 0.444. The molecule has 72 valence electrons. The van der Waals surface area contributed by atoms with Crippen molar-refractivity contribution >= 4 is 27.4 Å². The highest BCUT2D eigenvalue weighted by Crippen LogP contribution is 2.26. The largest absolute Gasteiger partial charge is 0.377 e. The Morgan fingerprint density at radius 1 is 1.15 bits per heavy atom. The Kier molecular flexibility index (Phi) is 3.14. The summed E-state index contributed by atoms with van der Waals surface area (Å²) in [5, 5.41) is 0. The zero-order valence-corrected chi connectivity index (χ0v) is 9.96. The average Bonchev–Trinajstić information content (AvgIpc) is 2.04. The third-order valence-corrected chi connectivity index (χ3v) is 2.37. The molecule has 1 aromatic heterocycles. The zero-order chi connectivity index (χ0) is 10.0. The van der Waals surface area contributed by atoms with Gasteiger partial charge in [0.2, 0.25) is 0 Å². The quantitative estimate of drug-likeness (QED) is 0.792. The Labute approximate surface area is 87.5 Å². The standard InChI is InChI=1S/C9H14BrN3/c1-12(2)8-5-9(13(3)4)11-6-7(8)10/h5-6H,1-4H3. The number of aromatic nitrogens is 1. The molecule has 1 rings (SSSR count). The first-order valence-corrected chi connectivity index (χ1v) is 4.82. The second kappa shape index (κ2) is 3.96. The second-order valence-electron chi connectivity index (χ2n) is 3.28. The summed E-state index contributed by atoms with van der Waals surface area (Å²) >= 11 is 3.46. The summed E-state index contributed by atoms with van der Waals surface area (Å²) in [6.07, 6.45) is 1.82. The molecule has 0 unspecified atom stereocenters. The van der Waals surface area contributed by atoms with Crippen molar-refractivity contribution < 1.29 is 0 Å². The van der Waals surface area contributed by atoms with Gasteiger partial charge in [0.1, 0.15) is 5.82 Å². The predicted octanol–water partition coefficient (Wildman–Crippen LogP) is 1.98. The summed E-state index contributed by atoms with van der Waals surface area (Å²) in [7, 11) is 7.99. The van der Waals surface area contributed by atoms with Gasteiger partial charge >= 0.3 is 0 Å². The first-order chi connectivity index (χ1) is 6.02. The molecule has 0 spiro atoms. The highest BCUT2D eigenvalue weighted by molar-refractivity contribution is 9.10. The molecule has 0 aromatic carbocycles. The molecule has 0 radical (unpaired) electrons. The van der Waals surface area contributed by atoms with E-state index in [9.17, 15) is 0 Å². The number of halogens is 1. The molecule has 3 nitrogen and oxygen atoms in total. The van der Waals surface area contributed by atoms with Crippen molar-refractivity contribution in [1.82, 2.24) is 4.98 Å². The summed E-state index contributed by atoms with van der Waals surface area (Å²) in [6, 6.07) is 2.05. The van der Waals surface area contributed by atoms with Crippen LogP contribution in [0, 0.1) is 0 Å². The van der Waals surface area contributed by atoms with E-state index >= 15 is 0 Å². The monoisotopic (exact) mass is 243 g/mol. The van der Waals surface area contributed by atoms with E-state index in [2.05, 4.69) is 25.8 Å². The van der Waals surface area contributed by atoms with Crippen molar-refractivity contribution in [3.05, 3.63) is 16.7 Å². The lowest BCUT2D eigenvalue weighted by Gasteiger charge is -2.18. The van der Waals surface area contributed by atoms with Crippen LogP contribution >= 0.6 is 15.9 Å². The highest BCUT2D eigenvalue weighted by atomic mass is 79.9. The van der Waals surface area contributed by atoms with Crippen LogP contribution in [0.5, 0.6) is 0 Å². The molecule has 1 heterocycles. The van der Waals surface area contributed by atoms with Gasteiger partial charge in [-0.05, 0) is 15.9 Å². The Morgan fingerprint density at radius 2 is 1.77 bits per heavy atom. The molecule has 0 amide bonds. The summed E-state index contributed by atoms with van der Waals surface area (Å²) in [5.74, 6) is 0.965. The lowest BCUT2D eigenvalue weighted by molar-refractivity contribution is 1.04.